The maximum absolute atomic E-state index is 12.6. The van der Waals surface area contributed by atoms with Gasteiger partial charge in [0.2, 0.25) is 18.6 Å². The second kappa shape index (κ2) is 6.37. The molecule has 2 aliphatic rings. The monoisotopic (exact) mass is 352 g/mol. The van der Waals surface area contributed by atoms with Crippen LogP contribution in [0.25, 0.3) is 0 Å². The Morgan fingerprint density at radius 2 is 1.81 bits per heavy atom. The van der Waals surface area contributed by atoms with Gasteiger partial charge in [-0.25, -0.2) is 0 Å². The van der Waals surface area contributed by atoms with Crippen molar-refractivity contribution in [2.45, 2.75) is 20.3 Å². The molecule has 1 fully saturated rings. The first-order valence-corrected chi connectivity index (χ1v) is 8.59. The summed E-state index contributed by atoms with van der Waals surface area (Å²) < 4.78 is 10.6. The van der Waals surface area contributed by atoms with Crippen LogP contribution in [0.4, 0.5) is 11.4 Å². The van der Waals surface area contributed by atoms with Crippen molar-refractivity contribution in [1.82, 2.24) is 0 Å². The fraction of sp³-hybridized carbons (Fsp3) is 0.300. The Morgan fingerprint density at radius 3 is 2.58 bits per heavy atom. The fourth-order valence-corrected chi connectivity index (χ4v) is 3.46. The molecule has 134 valence electrons. The van der Waals surface area contributed by atoms with E-state index in [0.29, 0.717) is 23.7 Å². The van der Waals surface area contributed by atoms with E-state index in [2.05, 4.69) is 11.4 Å². The second-order valence-corrected chi connectivity index (χ2v) is 6.81. The number of benzene rings is 2. The molecule has 6 nitrogen and oxygen atoms in total. The number of fused-ring (bicyclic) bond motifs is 1. The Balaban J connectivity index is 1.47. The van der Waals surface area contributed by atoms with Crippen molar-refractivity contribution in [3.05, 3.63) is 47.5 Å². The Morgan fingerprint density at radius 1 is 1.08 bits per heavy atom. The average Bonchev–Trinajstić information content (AvgIpc) is 3.19. The summed E-state index contributed by atoms with van der Waals surface area (Å²) in [6, 6.07) is 11.3. The topological polar surface area (TPSA) is 67.9 Å². The van der Waals surface area contributed by atoms with Crippen molar-refractivity contribution in [2.75, 3.05) is 23.6 Å². The quantitative estimate of drug-likeness (QED) is 0.922. The predicted molar refractivity (Wildman–Crippen MR) is 97.6 cm³/mol. The van der Waals surface area contributed by atoms with Gasteiger partial charge in [0.1, 0.15) is 0 Å². The number of nitrogens with one attached hydrogen (secondary N) is 1. The molecule has 6 heteroatoms. The van der Waals surface area contributed by atoms with Crippen LogP contribution in [0.3, 0.4) is 0 Å². The molecule has 1 saturated heterocycles. The maximum atomic E-state index is 12.6. The van der Waals surface area contributed by atoms with Crippen molar-refractivity contribution in [3.8, 4) is 11.5 Å². The van der Waals surface area contributed by atoms with E-state index >= 15 is 0 Å². The highest BCUT2D eigenvalue weighted by Gasteiger charge is 2.35. The molecular weight excluding hydrogens is 332 g/mol. The van der Waals surface area contributed by atoms with Crippen LogP contribution in [0.2, 0.25) is 0 Å². The highest BCUT2D eigenvalue weighted by atomic mass is 16.7. The van der Waals surface area contributed by atoms with Crippen molar-refractivity contribution in [3.63, 3.8) is 0 Å². The Labute approximate surface area is 151 Å². The number of carbonyl (C=O) groups is 2. The van der Waals surface area contributed by atoms with E-state index in [1.165, 1.54) is 0 Å². The molecule has 2 heterocycles. The molecule has 0 radical (unpaired) electrons. The van der Waals surface area contributed by atoms with Gasteiger partial charge in [-0.3, -0.25) is 9.59 Å². The molecule has 0 aliphatic carbocycles. The zero-order valence-electron chi connectivity index (χ0n) is 14.7. The third-order valence-electron chi connectivity index (χ3n) is 4.65. The van der Waals surface area contributed by atoms with Crippen LogP contribution in [0.5, 0.6) is 11.5 Å². The van der Waals surface area contributed by atoms with E-state index in [9.17, 15) is 9.59 Å². The third kappa shape index (κ3) is 3.10. The first-order valence-electron chi connectivity index (χ1n) is 8.59. The van der Waals surface area contributed by atoms with E-state index in [1.807, 2.05) is 26.0 Å². The largest absolute Gasteiger partial charge is 0.454 e. The second-order valence-electron chi connectivity index (χ2n) is 6.81. The Hall–Kier alpha value is -3.02. The number of ether oxygens (including phenoxy) is 2. The summed E-state index contributed by atoms with van der Waals surface area (Å²) in [4.78, 5) is 26.7. The molecule has 2 aliphatic heterocycles. The molecule has 0 spiro atoms. The van der Waals surface area contributed by atoms with Crippen molar-refractivity contribution in [1.29, 1.82) is 0 Å². The van der Waals surface area contributed by atoms with Crippen LogP contribution in [0.1, 0.15) is 17.5 Å². The van der Waals surface area contributed by atoms with Gasteiger partial charge in [-0.15, -0.1) is 0 Å². The van der Waals surface area contributed by atoms with Crippen LogP contribution in [0.15, 0.2) is 36.4 Å². The third-order valence-corrected chi connectivity index (χ3v) is 4.65. The zero-order chi connectivity index (χ0) is 18.3. The minimum absolute atomic E-state index is 0.0270. The minimum atomic E-state index is -0.381. The fourth-order valence-electron chi connectivity index (χ4n) is 3.46. The number of anilines is 2. The first kappa shape index (κ1) is 16.4. The molecule has 0 aromatic heterocycles. The van der Waals surface area contributed by atoms with Crippen LogP contribution in [-0.4, -0.2) is 25.2 Å². The normalized spacial score (nSPS) is 18.3. The molecule has 2 aromatic carbocycles. The number of carbonyl (C=O) groups excluding carboxylic acids is 2. The Bertz CT molecular complexity index is 873. The molecular formula is C20H20N2O4. The summed E-state index contributed by atoms with van der Waals surface area (Å²) in [5.74, 6) is 0.709. The van der Waals surface area contributed by atoms with E-state index in [-0.39, 0.29) is 30.9 Å². The molecule has 4 rings (SSSR count). The lowest BCUT2D eigenvalue weighted by molar-refractivity contribution is -0.122. The molecule has 1 atom stereocenters. The molecule has 0 saturated carbocycles. The van der Waals surface area contributed by atoms with Crippen LogP contribution < -0.4 is 19.7 Å². The van der Waals surface area contributed by atoms with Gasteiger partial charge in [-0.1, -0.05) is 6.07 Å². The van der Waals surface area contributed by atoms with Crippen molar-refractivity contribution >= 4 is 23.2 Å². The summed E-state index contributed by atoms with van der Waals surface area (Å²) in [6.07, 6.45) is 0.212. The van der Waals surface area contributed by atoms with Gasteiger partial charge in [0.25, 0.3) is 0 Å². The Kier molecular flexibility index (Phi) is 4.03. The van der Waals surface area contributed by atoms with Gasteiger partial charge in [0.05, 0.1) is 5.92 Å². The average molecular weight is 352 g/mol. The van der Waals surface area contributed by atoms with Crippen molar-refractivity contribution in [2.24, 2.45) is 5.92 Å². The summed E-state index contributed by atoms with van der Waals surface area (Å²) in [6.45, 7) is 4.58. The van der Waals surface area contributed by atoms with Gasteiger partial charge < -0.3 is 19.7 Å². The smallest absolute Gasteiger partial charge is 0.231 e. The molecule has 1 N–H and O–H groups in total. The van der Waals surface area contributed by atoms with Gasteiger partial charge in [0, 0.05) is 30.4 Å². The zero-order valence-corrected chi connectivity index (χ0v) is 14.7. The predicted octanol–water partition coefficient (Wildman–Crippen LogP) is 3.02. The number of aryl methyl sites for hydroxylation is 2. The van der Waals surface area contributed by atoms with Gasteiger partial charge >= 0.3 is 0 Å². The minimum Gasteiger partial charge on any atom is -0.454 e. The number of rotatable bonds is 3. The van der Waals surface area contributed by atoms with E-state index < -0.39 is 0 Å². The molecule has 1 unspecified atom stereocenters. The lowest BCUT2D eigenvalue weighted by atomic mass is 10.1. The maximum Gasteiger partial charge on any atom is 0.231 e. The number of hydrogen-bond acceptors (Lipinski definition) is 4. The molecule has 2 amide bonds. The highest BCUT2D eigenvalue weighted by Crippen LogP contribution is 2.34. The lowest BCUT2D eigenvalue weighted by Gasteiger charge is -2.18. The molecule has 26 heavy (non-hydrogen) atoms. The van der Waals surface area contributed by atoms with Gasteiger partial charge in [-0.05, 0) is 49.2 Å². The molecule has 2 aromatic rings. The van der Waals surface area contributed by atoms with Gasteiger partial charge in [0.15, 0.2) is 11.5 Å². The van der Waals surface area contributed by atoms with Gasteiger partial charge in [-0.2, -0.15) is 0 Å². The van der Waals surface area contributed by atoms with Crippen molar-refractivity contribution < 1.29 is 19.1 Å². The summed E-state index contributed by atoms with van der Waals surface area (Å²) in [5.41, 5.74) is 3.68. The lowest BCUT2D eigenvalue weighted by Crippen LogP contribution is -2.28. The first-order chi connectivity index (χ1) is 12.5. The van der Waals surface area contributed by atoms with Crippen LogP contribution in [0, 0.1) is 19.8 Å². The summed E-state index contributed by atoms with van der Waals surface area (Å²) in [5, 5.41) is 2.88. The van der Waals surface area contributed by atoms with Crippen LogP contribution >= 0.6 is 0 Å². The number of amides is 2. The number of nitrogens with zero attached hydrogens (tertiary/aromatic N) is 1. The summed E-state index contributed by atoms with van der Waals surface area (Å²) >= 11 is 0. The highest BCUT2D eigenvalue weighted by molar-refractivity contribution is 6.03. The van der Waals surface area contributed by atoms with E-state index in [1.54, 1.807) is 23.1 Å². The van der Waals surface area contributed by atoms with Crippen LogP contribution in [-0.2, 0) is 9.59 Å². The van der Waals surface area contributed by atoms with E-state index in [4.69, 9.17) is 9.47 Å². The number of hydrogen-bond donors (Lipinski definition) is 1. The SMILES string of the molecule is Cc1cc(C)cc(N2CC(C(=O)Nc3ccc4c(c3)OCO4)CC2=O)c1. The summed E-state index contributed by atoms with van der Waals surface area (Å²) in [7, 11) is 0. The standard InChI is InChI=1S/C20H20N2O4/c1-12-5-13(2)7-16(6-12)22-10-14(8-19(22)23)20(24)21-15-3-4-17-18(9-15)26-11-25-17/h3-7,9,14H,8,10-11H2,1-2H3,(H,21,24). The van der Waals surface area contributed by atoms with E-state index in [0.717, 1.165) is 16.8 Å². The molecule has 0 bridgehead atoms.